The Morgan fingerprint density at radius 3 is 2.52 bits per heavy atom. The largest absolute Gasteiger partial charge is 0.349 e. The second-order valence-corrected chi connectivity index (χ2v) is 6.92. The minimum absolute atomic E-state index is 0.215. The van der Waals surface area contributed by atoms with Crippen molar-refractivity contribution in [3.05, 3.63) is 35.9 Å². The molecule has 0 saturated heterocycles. The summed E-state index contributed by atoms with van der Waals surface area (Å²) in [6.07, 6.45) is 2.74. The van der Waals surface area contributed by atoms with Crippen LogP contribution in [0.4, 0.5) is 0 Å². The predicted octanol–water partition coefficient (Wildman–Crippen LogP) is 3.03. The lowest BCUT2D eigenvalue weighted by molar-refractivity contribution is -0.128. The maximum absolute atomic E-state index is 11.5. The number of carbonyl (C=O) groups excluding carboxylic acids is 1. The van der Waals surface area contributed by atoms with Crippen LogP contribution in [-0.2, 0) is 4.79 Å². The maximum atomic E-state index is 11.5. The molecule has 0 aliphatic heterocycles. The summed E-state index contributed by atoms with van der Waals surface area (Å²) in [7, 11) is 3.63. The van der Waals surface area contributed by atoms with Gasteiger partial charge in [-0.1, -0.05) is 44.2 Å². The summed E-state index contributed by atoms with van der Waals surface area (Å²) in [5, 5.41) is 3.63. The van der Waals surface area contributed by atoms with E-state index < -0.39 is 0 Å². The molecule has 3 nitrogen and oxygen atoms in total. The fraction of sp³-hybridized carbons (Fsp3) is 0.611. The Bertz CT molecular complexity index is 467. The second kappa shape index (κ2) is 6.61. The van der Waals surface area contributed by atoms with Crippen molar-refractivity contribution >= 4 is 5.91 Å². The highest BCUT2D eigenvalue weighted by Gasteiger charge is 2.48. The molecule has 0 aromatic heterocycles. The summed E-state index contributed by atoms with van der Waals surface area (Å²) in [6.45, 7) is 5.61. The molecule has 0 radical (unpaired) electrons. The van der Waals surface area contributed by atoms with Crippen molar-refractivity contribution in [2.24, 2.45) is 5.41 Å². The lowest BCUT2D eigenvalue weighted by Gasteiger charge is -2.53. The van der Waals surface area contributed by atoms with Crippen molar-refractivity contribution in [1.29, 1.82) is 0 Å². The Labute approximate surface area is 128 Å². The summed E-state index contributed by atoms with van der Waals surface area (Å²) in [6, 6.07) is 11.3. The molecule has 1 aliphatic carbocycles. The van der Waals surface area contributed by atoms with Gasteiger partial charge in [-0.15, -0.1) is 0 Å². The molecule has 2 atom stereocenters. The highest BCUT2D eigenvalue weighted by Crippen LogP contribution is 2.52. The normalized spacial score (nSPS) is 23.4. The molecule has 1 saturated carbocycles. The van der Waals surface area contributed by atoms with Gasteiger partial charge in [0.05, 0.1) is 0 Å². The van der Waals surface area contributed by atoms with Crippen LogP contribution < -0.4 is 5.32 Å². The first kappa shape index (κ1) is 16.0. The topological polar surface area (TPSA) is 32.3 Å². The van der Waals surface area contributed by atoms with Crippen LogP contribution in [0.25, 0.3) is 0 Å². The average Bonchev–Trinajstić information content (AvgIpc) is 2.46. The molecule has 2 rings (SSSR count). The van der Waals surface area contributed by atoms with Crippen molar-refractivity contribution in [3.8, 4) is 0 Å². The number of hydrogen-bond acceptors (Lipinski definition) is 2. The van der Waals surface area contributed by atoms with Gasteiger partial charge in [0.1, 0.15) is 0 Å². The van der Waals surface area contributed by atoms with Crippen molar-refractivity contribution in [2.45, 2.75) is 45.1 Å². The summed E-state index contributed by atoms with van der Waals surface area (Å²) in [5.41, 5.74) is 1.73. The van der Waals surface area contributed by atoms with E-state index in [1.54, 1.807) is 4.90 Å². The first-order chi connectivity index (χ1) is 9.93. The van der Waals surface area contributed by atoms with E-state index in [1.165, 1.54) is 12.0 Å². The van der Waals surface area contributed by atoms with Gasteiger partial charge in [0.15, 0.2) is 0 Å². The van der Waals surface area contributed by atoms with E-state index in [2.05, 4.69) is 49.5 Å². The van der Waals surface area contributed by atoms with Crippen molar-refractivity contribution in [3.63, 3.8) is 0 Å². The molecule has 1 N–H and O–H groups in total. The number of rotatable bonds is 6. The number of nitrogens with zero attached hydrogens (tertiary/aromatic N) is 1. The number of hydrogen-bond donors (Lipinski definition) is 1. The molecule has 0 heterocycles. The molecule has 0 bridgehead atoms. The van der Waals surface area contributed by atoms with Gasteiger partial charge in [-0.3, -0.25) is 4.79 Å². The van der Waals surface area contributed by atoms with E-state index in [0.717, 1.165) is 13.0 Å². The Morgan fingerprint density at radius 2 is 1.95 bits per heavy atom. The summed E-state index contributed by atoms with van der Waals surface area (Å²) in [5.74, 6) is 0.853. The van der Waals surface area contributed by atoms with Crippen molar-refractivity contribution in [1.82, 2.24) is 10.2 Å². The SMILES string of the molecule is CN(C)C(=O)CCCN[C@@H]1C[C@H](c2ccccc2)C1(C)C. The maximum Gasteiger partial charge on any atom is 0.222 e. The molecule has 116 valence electrons. The van der Waals surface area contributed by atoms with Gasteiger partial charge in [0, 0.05) is 26.6 Å². The summed E-state index contributed by atoms with van der Waals surface area (Å²) >= 11 is 0. The molecule has 21 heavy (non-hydrogen) atoms. The second-order valence-electron chi connectivity index (χ2n) is 6.92. The standard InChI is InChI=1S/C18H28N2O/c1-18(2)15(14-9-6-5-7-10-14)13-16(18)19-12-8-11-17(21)20(3)4/h5-7,9-10,15-16,19H,8,11-13H2,1-4H3/t15-,16-/m1/s1. The van der Waals surface area contributed by atoms with Gasteiger partial charge in [-0.2, -0.15) is 0 Å². The van der Waals surface area contributed by atoms with Gasteiger partial charge in [0.25, 0.3) is 0 Å². The fourth-order valence-electron chi connectivity index (χ4n) is 3.26. The number of benzene rings is 1. The van der Waals surface area contributed by atoms with Crippen LogP contribution in [0, 0.1) is 5.41 Å². The lowest BCUT2D eigenvalue weighted by Crippen LogP contribution is -2.55. The molecule has 1 aliphatic rings. The predicted molar refractivity (Wildman–Crippen MR) is 87.3 cm³/mol. The van der Waals surface area contributed by atoms with E-state index in [9.17, 15) is 4.79 Å². The van der Waals surface area contributed by atoms with Crippen LogP contribution >= 0.6 is 0 Å². The average molecular weight is 288 g/mol. The molecule has 0 spiro atoms. The summed E-state index contributed by atoms with van der Waals surface area (Å²) < 4.78 is 0. The smallest absolute Gasteiger partial charge is 0.222 e. The Kier molecular flexibility index (Phi) is 5.04. The van der Waals surface area contributed by atoms with Crippen LogP contribution in [0.3, 0.4) is 0 Å². The summed E-state index contributed by atoms with van der Waals surface area (Å²) in [4.78, 5) is 13.2. The minimum Gasteiger partial charge on any atom is -0.349 e. The highest BCUT2D eigenvalue weighted by molar-refractivity contribution is 5.75. The Balaban J connectivity index is 1.76. The molecule has 0 unspecified atom stereocenters. The monoisotopic (exact) mass is 288 g/mol. The molecular formula is C18H28N2O. The van der Waals surface area contributed by atoms with Crippen LogP contribution in [0.2, 0.25) is 0 Å². The van der Waals surface area contributed by atoms with Gasteiger partial charge in [0.2, 0.25) is 5.91 Å². The van der Waals surface area contributed by atoms with E-state index in [0.29, 0.717) is 18.4 Å². The Hall–Kier alpha value is -1.35. The van der Waals surface area contributed by atoms with Gasteiger partial charge in [-0.05, 0) is 36.3 Å². The quantitative estimate of drug-likeness (QED) is 0.816. The van der Waals surface area contributed by atoms with Crippen LogP contribution in [0.15, 0.2) is 30.3 Å². The molecule has 1 fully saturated rings. The Morgan fingerprint density at radius 1 is 1.29 bits per heavy atom. The van der Waals surface area contributed by atoms with E-state index >= 15 is 0 Å². The van der Waals surface area contributed by atoms with Crippen LogP contribution in [-0.4, -0.2) is 37.5 Å². The van der Waals surface area contributed by atoms with Crippen LogP contribution in [0.1, 0.15) is 44.6 Å². The third kappa shape index (κ3) is 3.65. The lowest BCUT2D eigenvalue weighted by atomic mass is 9.56. The highest BCUT2D eigenvalue weighted by atomic mass is 16.2. The third-order valence-corrected chi connectivity index (χ3v) is 4.93. The molecular weight excluding hydrogens is 260 g/mol. The number of amides is 1. The van der Waals surface area contributed by atoms with Gasteiger partial charge >= 0.3 is 0 Å². The minimum atomic E-state index is 0.215. The van der Waals surface area contributed by atoms with Crippen molar-refractivity contribution < 1.29 is 4.79 Å². The zero-order valence-electron chi connectivity index (χ0n) is 13.7. The third-order valence-electron chi connectivity index (χ3n) is 4.93. The zero-order chi connectivity index (χ0) is 15.5. The van der Waals surface area contributed by atoms with Gasteiger partial charge < -0.3 is 10.2 Å². The molecule has 1 aromatic carbocycles. The van der Waals surface area contributed by atoms with Crippen molar-refractivity contribution in [2.75, 3.05) is 20.6 Å². The zero-order valence-corrected chi connectivity index (χ0v) is 13.7. The first-order valence-corrected chi connectivity index (χ1v) is 7.91. The van der Waals surface area contributed by atoms with Crippen LogP contribution in [0.5, 0.6) is 0 Å². The molecule has 3 heteroatoms. The first-order valence-electron chi connectivity index (χ1n) is 7.91. The van der Waals surface area contributed by atoms with E-state index in [4.69, 9.17) is 0 Å². The van der Waals surface area contributed by atoms with E-state index in [1.807, 2.05) is 14.1 Å². The number of nitrogens with one attached hydrogen (secondary N) is 1. The number of carbonyl (C=O) groups is 1. The van der Waals surface area contributed by atoms with E-state index in [-0.39, 0.29) is 11.3 Å². The fourth-order valence-corrected chi connectivity index (χ4v) is 3.26. The molecule has 1 aromatic rings. The molecule has 1 amide bonds. The van der Waals surface area contributed by atoms with Gasteiger partial charge in [-0.25, -0.2) is 0 Å².